The van der Waals surface area contributed by atoms with Gasteiger partial charge >= 0.3 is 0 Å². The Morgan fingerprint density at radius 1 is 0.833 bits per heavy atom. The third-order valence-corrected chi connectivity index (χ3v) is 9.54. The van der Waals surface area contributed by atoms with Crippen LogP contribution in [0.5, 0.6) is 0 Å². The Labute approximate surface area is 188 Å². The van der Waals surface area contributed by atoms with Gasteiger partial charge in [0.2, 0.25) is 0 Å². The fourth-order valence-corrected chi connectivity index (χ4v) is 8.04. The highest BCUT2D eigenvalue weighted by molar-refractivity contribution is 4.93. The standard InChI is InChI=1S/C28H52N2/c1-23(2)21-29-18-15-28(16-19-29)13-11-24(12-14-28)20-27(3,4)22-30-17-7-9-25-8-5-6-10-26(25)30/h23-26H,5-22H2,1-4H3/t25-,26+/m1/s1. The van der Waals surface area contributed by atoms with Gasteiger partial charge in [-0.3, -0.25) is 4.90 Å². The van der Waals surface area contributed by atoms with E-state index in [4.69, 9.17) is 0 Å². The smallest absolute Gasteiger partial charge is 0.0124 e. The van der Waals surface area contributed by atoms with Crippen LogP contribution in [0, 0.1) is 28.6 Å². The summed E-state index contributed by atoms with van der Waals surface area (Å²) in [7, 11) is 0. The molecule has 4 aliphatic rings. The second-order valence-corrected chi connectivity index (χ2v) is 13.2. The molecule has 0 aromatic carbocycles. The maximum absolute atomic E-state index is 2.95. The minimum atomic E-state index is 0.495. The van der Waals surface area contributed by atoms with Gasteiger partial charge in [-0.1, -0.05) is 40.5 Å². The molecule has 1 spiro atoms. The van der Waals surface area contributed by atoms with Crippen molar-refractivity contribution in [2.75, 3.05) is 32.7 Å². The first-order valence-corrected chi connectivity index (χ1v) is 13.8. The van der Waals surface area contributed by atoms with Crippen molar-refractivity contribution in [1.29, 1.82) is 0 Å². The van der Waals surface area contributed by atoms with Crippen molar-refractivity contribution in [1.82, 2.24) is 9.80 Å². The Kier molecular flexibility index (Phi) is 7.56. The third kappa shape index (κ3) is 5.83. The zero-order valence-electron chi connectivity index (χ0n) is 20.9. The summed E-state index contributed by atoms with van der Waals surface area (Å²) in [4.78, 5) is 5.68. The minimum absolute atomic E-state index is 0.495. The number of piperidine rings is 2. The molecule has 0 bridgehead atoms. The second kappa shape index (κ2) is 9.82. The van der Waals surface area contributed by atoms with Crippen molar-refractivity contribution in [3.05, 3.63) is 0 Å². The van der Waals surface area contributed by atoms with Crippen LogP contribution in [0.4, 0.5) is 0 Å². The van der Waals surface area contributed by atoms with E-state index in [1.165, 1.54) is 116 Å². The molecule has 2 atom stereocenters. The van der Waals surface area contributed by atoms with E-state index in [0.29, 0.717) is 5.41 Å². The molecule has 4 fully saturated rings. The van der Waals surface area contributed by atoms with E-state index in [-0.39, 0.29) is 0 Å². The second-order valence-electron chi connectivity index (χ2n) is 13.2. The van der Waals surface area contributed by atoms with Crippen LogP contribution < -0.4 is 0 Å². The lowest BCUT2D eigenvalue weighted by atomic mass is 9.63. The van der Waals surface area contributed by atoms with Crippen LogP contribution >= 0.6 is 0 Å². The molecule has 0 amide bonds. The quantitative estimate of drug-likeness (QED) is 0.460. The summed E-state index contributed by atoms with van der Waals surface area (Å²) in [5.41, 5.74) is 1.21. The summed E-state index contributed by atoms with van der Waals surface area (Å²) in [6.45, 7) is 16.7. The number of fused-ring (bicyclic) bond motifs is 1. The first kappa shape index (κ1) is 23.1. The van der Waals surface area contributed by atoms with Crippen molar-refractivity contribution >= 4 is 0 Å². The average Bonchev–Trinajstić information content (AvgIpc) is 2.71. The van der Waals surface area contributed by atoms with Gasteiger partial charge in [-0.15, -0.1) is 0 Å². The molecular weight excluding hydrogens is 364 g/mol. The number of likely N-dealkylation sites (tertiary alicyclic amines) is 2. The van der Waals surface area contributed by atoms with Gasteiger partial charge in [0, 0.05) is 19.1 Å². The number of rotatable bonds is 6. The number of hydrogen-bond acceptors (Lipinski definition) is 2. The monoisotopic (exact) mass is 416 g/mol. The predicted octanol–water partition coefficient (Wildman–Crippen LogP) is 6.99. The number of nitrogens with zero attached hydrogens (tertiary/aromatic N) is 2. The fourth-order valence-electron chi connectivity index (χ4n) is 8.04. The lowest BCUT2D eigenvalue weighted by molar-refractivity contribution is 0.0128. The van der Waals surface area contributed by atoms with Crippen molar-refractivity contribution in [2.24, 2.45) is 28.6 Å². The highest BCUT2D eigenvalue weighted by atomic mass is 15.2. The Bertz CT molecular complexity index is 519. The highest BCUT2D eigenvalue weighted by Crippen LogP contribution is 2.49. The molecule has 0 unspecified atom stereocenters. The molecule has 2 aliphatic carbocycles. The third-order valence-electron chi connectivity index (χ3n) is 9.54. The molecule has 2 nitrogen and oxygen atoms in total. The predicted molar refractivity (Wildman–Crippen MR) is 130 cm³/mol. The van der Waals surface area contributed by atoms with E-state index < -0.39 is 0 Å². The van der Waals surface area contributed by atoms with Gasteiger partial charge in [0.15, 0.2) is 0 Å². The molecule has 0 aromatic heterocycles. The Morgan fingerprint density at radius 3 is 2.20 bits per heavy atom. The summed E-state index contributed by atoms with van der Waals surface area (Å²) >= 11 is 0. The first-order valence-electron chi connectivity index (χ1n) is 13.8. The van der Waals surface area contributed by atoms with Crippen LogP contribution in [0.25, 0.3) is 0 Å². The maximum Gasteiger partial charge on any atom is 0.0124 e. The van der Waals surface area contributed by atoms with Crippen LogP contribution in [0.2, 0.25) is 0 Å². The zero-order valence-corrected chi connectivity index (χ0v) is 20.9. The van der Waals surface area contributed by atoms with Crippen molar-refractivity contribution in [3.63, 3.8) is 0 Å². The van der Waals surface area contributed by atoms with Gasteiger partial charge in [0.1, 0.15) is 0 Å². The highest BCUT2D eigenvalue weighted by Gasteiger charge is 2.40. The van der Waals surface area contributed by atoms with E-state index in [0.717, 1.165) is 29.2 Å². The van der Waals surface area contributed by atoms with Crippen LogP contribution in [0.3, 0.4) is 0 Å². The topological polar surface area (TPSA) is 6.48 Å². The van der Waals surface area contributed by atoms with Crippen LogP contribution in [-0.4, -0.2) is 48.6 Å². The molecule has 4 rings (SSSR count). The van der Waals surface area contributed by atoms with Crippen LogP contribution in [-0.2, 0) is 0 Å². The van der Waals surface area contributed by atoms with Gasteiger partial charge < -0.3 is 4.90 Å². The van der Waals surface area contributed by atoms with Crippen molar-refractivity contribution in [3.8, 4) is 0 Å². The van der Waals surface area contributed by atoms with Gasteiger partial charge in [-0.25, -0.2) is 0 Å². The lowest BCUT2D eigenvalue weighted by Crippen LogP contribution is -2.50. The average molecular weight is 417 g/mol. The molecule has 2 heterocycles. The molecule has 0 aromatic rings. The van der Waals surface area contributed by atoms with Gasteiger partial charge in [0.05, 0.1) is 0 Å². The SMILES string of the molecule is CC(C)CN1CCC2(CCC(CC(C)(C)CN3CCC[C@H]4CCCC[C@@H]43)CC2)CC1. The van der Waals surface area contributed by atoms with E-state index in [2.05, 4.69) is 37.5 Å². The molecule has 2 saturated heterocycles. The van der Waals surface area contributed by atoms with Crippen molar-refractivity contribution in [2.45, 2.75) is 117 Å². The molecule has 2 saturated carbocycles. The van der Waals surface area contributed by atoms with Crippen LogP contribution in [0.1, 0.15) is 111 Å². The van der Waals surface area contributed by atoms with Crippen LogP contribution in [0.15, 0.2) is 0 Å². The summed E-state index contributed by atoms with van der Waals surface area (Å²) in [6, 6.07) is 0.928. The maximum atomic E-state index is 2.95. The molecule has 2 aliphatic heterocycles. The first-order chi connectivity index (χ1) is 14.3. The Balaban J connectivity index is 1.23. The molecule has 30 heavy (non-hydrogen) atoms. The molecular formula is C28H52N2. The number of hydrogen-bond donors (Lipinski definition) is 0. The molecule has 2 heteroatoms. The van der Waals surface area contributed by atoms with Gasteiger partial charge in [-0.05, 0) is 119 Å². The van der Waals surface area contributed by atoms with Gasteiger partial charge in [0.25, 0.3) is 0 Å². The molecule has 0 radical (unpaired) electrons. The van der Waals surface area contributed by atoms with E-state index in [9.17, 15) is 0 Å². The lowest BCUT2D eigenvalue weighted by Gasteiger charge is -2.49. The van der Waals surface area contributed by atoms with E-state index in [1.54, 1.807) is 0 Å². The minimum Gasteiger partial charge on any atom is -0.303 e. The molecule has 174 valence electrons. The summed E-state index contributed by atoms with van der Waals surface area (Å²) in [6.07, 6.45) is 19.5. The summed E-state index contributed by atoms with van der Waals surface area (Å²) in [5.74, 6) is 2.84. The summed E-state index contributed by atoms with van der Waals surface area (Å²) in [5, 5.41) is 0. The molecule has 0 N–H and O–H groups in total. The van der Waals surface area contributed by atoms with E-state index in [1.807, 2.05) is 0 Å². The largest absolute Gasteiger partial charge is 0.303 e. The van der Waals surface area contributed by atoms with Gasteiger partial charge in [-0.2, -0.15) is 0 Å². The van der Waals surface area contributed by atoms with E-state index >= 15 is 0 Å². The fraction of sp³-hybridized carbons (Fsp3) is 1.00. The zero-order chi connectivity index (χ0) is 21.2. The summed E-state index contributed by atoms with van der Waals surface area (Å²) < 4.78 is 0. The normalized spacial score (nSPS) is 31.9. The Morgan fingerprint density at radius 2 is 1.50 bits per heavy atom. The van der Waals surface area contributed by atoms with Crippen molar-refractivity contribution < 1.29 is 0 Å². The Hall–Kier alpha value is -0.0800.